The van der Waals surface area contributed by atoms with Crippen molar-refractivity contribution < 1.29 is 4.74 Å². The lowest BCUT2D eigenvalue weighted by Crippen LogP contribution is -2.25. The minimum absolute atomic E-state index is 0.346. The van der Waals surface area contributed by atoms with Gasteiger partial charge < -0.3 is 19.9 Å². The summed E-state index contributed by atoms with van der Waals surface area (Å²) in [4.78, 5) is 5.50. The molecule has 72 heavy (non-hydrogen) atoms. The van der Waals surface area contributed by atoms with E-state index in [1.165, 1.54) is 43.9 Å². The molecule has 5 nitrogen and oxygen atoms in total. The number of fused-ring (bicyclic) bond motifs is 6. The van der Waals surface area contributed by atoms with E-state index in [0.29, 0.717) is 0 Å². The lowest BCUT2D eigenvalue weighted by Gasteiger charge is -2.28. The number of hydrogen-bond acceptors (Lipinski definition) is 4. The first-order valence-corrected chi connectivity index (χ1v) is 24.5. The highest BCUT2D eigenvalue weighted by molar-refractivity contribution is 6.18. The van der Waals surface area contributed by atoms with Crippen molar-refractivity contribution in [3.63, 3.8) is 0 Å². The third kappa shape index (κ3) is 7.83. The molecular formula is C67H48N4O. The highest BCUT2D eigenvalue weighted by Crippen LogP contribution is 2.42. The van der Waals surface area contributed by atoms with Crippen LogP contribution in [0.5, 0.6) is 5.75 Å². The molecule has 0 spiro atoms. The van der Waals surface area contributed by atoms with Crippen LogP contribution in [-0.4, -0.2) is 17.5 Å². The molecule has 2 heterocycles. The van der Waals surface area contributed by atoms with Gasteiger partial charge in [-0.1, -0.05) is 182 Å². The molecule has 12 aromatic rings. The van der Waals surface area contributed by atoms with Crippen LogP contribution in [0.4, 0.5) is 11.4 Å². The zero-order valence-corrected chi connectivity index (χ0v) is 39.6. The molecule has 342 valence electrons. The molecule has 0 radical (unpaired) electrons. The number of nitrogens with zero attached hydrogens (tertiary/aromatic N) is 2. The average molecular weight is 925 g/mol. The molecule has 13 rings (SSSR count). The summed E-state index contributed by atoms with van der Waals surface area (Å²) >= 11 is 0. The van der Waals surface area contributed by atoms with Gasteiger partial charge in [0.15, 0.2) is 0 Å². The van der Waals surface area contributed by atoms with Crippen LogP contribution in [0.1, 0.15) is 17.3 Å². The summed E-state index contributed by atoms with van der Waals surface area (Å²) in [5, 5.41) is 12.5. The number of aliphatic imine (C=N–C) groups is 1. The molecule has 11 aromatic carbocycles. The van der Waals surface area contributed by atoms with E-state index in [0.717, 1.165) is 84.1 Å². The molecular weight excluding hydrogens is 877 g/mol. The number of para-hydroxylation sites is 1. The summed E-state index contributed by atoms with van der Waals surface area (Å²) in [7, 11) is 1.70. The number of benzene rings is 11. The first-order chi connectivity index (χ1) is 35.6. The number of ether oxygens (including phenoxy) is 1. The molecule has 0 amide bonds. The van der Waals surface area contributed by atoms with Crippen LogP contribution in [-0.2, 0) is 0 Å². The molecule has 0 bridgehead atoms. The number of nitrogens with one attached hydrogen (secondary N) is 2. The van der Waals surface area contributed by atoms with Gasteiger partial charge in [0, 0.05) is 38.7 Å². The number of rotatable bonds is 9. The van der Waals surface area contributed by atoms with Crippen molar-refractivity contribution in [3.8, 4) is 67.1 Å². The topological polar surface area (TPSA) is 50.6 Å². The van der Waals surface area contributed by atoms with Crippen molar-refractivity contribution in [2.24, 2.45) is 4.99 Å². The maximum Gasteiger partial charge on any atom is 0.147 e. The summed E-state index contributed by atoms with van der Waals surface area (Å²) in [5.41, 5.74) is 18.9. The van der Waals surface area contributed by atoms with Gasteiger partial charge in [-0.15, -0.1) is 0 Å². The van der Waals surface area contributed by atoms with Crippen LogP contribution in [0, 0.1) is 0 Å². The molecule has 0 saturated carbocycles. The lowest BCUT2D eigenvalue weighted by molar-refractivity contribution is 0.415. The molecule has 2 N–H and O–H groups in total. The molecule has 1 unspecified atom stereocenters. The quantitative estimate of drug-likeness (QED) is 0.152. The van der Waals surface area contributed by atoms with E-state index in [2.05, 4.69) is 258 Å². The van der Waals surface area contributed by atoms with Crippen LogP contribution in [0.25, 0.3) is 93.9 Å². The third-order valence-corrected chi connectivity index (χ3v) is 14.1. The Morgan fingerprint density at radius 1 is 0.417 bits per heavy atom. The number of hydrogen-bond donors (Lipinski definition) is 2. The number of methoxy groups -OCH3 is 1. The molecule has 0 saturated heterocycles. The molecule has 1 atom stereocenters. The SMILES string of the molecule is COc1cccc(-c2ccc(C3N=C(Nc4ccc(-c5ccc6c(c5)c5cc(-c7ccccc7)ccc5n6-c5ccccc5)cc4-c4cccc(-c5ccccc5)c4)c4ccc5ccccc5c4N3)cc2)c1. The Morgan fingerprint density at radius 2 is 0.958 bits per heavy atom. The predicted octanol–water partition coefficient (Wildman–Crippen LogP) is 17.3. The van der Waals surface area contributed by atoms with Crippen LogP contribution < -0.4 is 15.4 Å². The maximum atomic E-state index is 5.54. The van der Waals surface area contributed by atoms with Crippen molar-refractivity contribution in [1.29, 1.82) is 0 Å². The van der Waals surface area contributed by atoms with Gasteiger partial charge in [-0.25, -0.2) is 4.99 Å². The Balaban J connectivity index is 0.954. The van der Waals surface area contributed by atoms with E-state index in [1.54, 1.807) is 7.11 Å². The highest BCUT2D eigenvalue weighted by Gasteiger charge is 2.25. The van der Waals surface area contributed by atoms with E-state index in [4.69, 9.17) is 9.73 Å². The Labute approximate surface area is 419 Å². The number of aromatic nitrogens is 1. The largest absolute Gasteiger partial charge is 0.497 e. The van der Waals surface area contributed by atoms with Crippen molar-refractivity contribution >= 4 is 49.8 Å². The Bertz CT molecular complexity index is 4010. The van der Waals surface area contributed by atoms with Gasteiger partial charge in [0.05, 0.1) is 23.8 Å². The van der Waals surface area contributed by atoms with Gasteiger partial charge in [-0.3, -0.25) is 0 Å². The molecule has 0 aliphatic carbocycles. The Hall–Kier alpha value is -9.45. The summed E-state index contributed by atoms with van der Waals surface area (Å²) < 4.78 is 7.93. The molecule has 5 heteroatoms. The smallest absolute Gasteiger partial charge is 0.147 e. The van der Waals surface area contributed by atoms with E-state index in [-0.39, 0.29) is 6.17 Å². The standard InChI is InChI=1S/C67H48N4O/c1-72-56-25-14-21-50(40-56)46-27-29-48(30-28-46)66-69-65-57-26-12-11-19-47(57)31-35-58(65)67(70-66)68-62-36-32-52(41-59(62)54-22-13-20-49(39-54)44-15-5-2-6-16-44)53-34-38-64-61(43-53)60-42-51(45-17-7-3-8-18-45)33-37-63(60)71(64)55-23-9-4-10-24-55/h2-43,66,69H,1H3,(H,68,70). The number of anilines is 2. The fraction of sp³-hybridized carbons (Fsp3) is 0.0299. The van der Waals surface area contributed by atoms with Crippen molar-refractivity contribution in [2.75, 3.05) is 17.7 Å². The Morgan fingerprint density at radius 3 is 1.67 bits per heavy atom. The summed E-state index contributed by atoms with van der Waals surface area (Å²) in [5.74, 6) is 1.63. The van der Waals surface area contributed by atoms with Gasteiger partial charge in [0.1, 0.15) is 17.8 Å². The first kappa shape index (κ1) is 42.6. The van der Waals surface area contributed by atoms with E-state index in [1.807, 2.05) is 12.1 Å². The van der Waals surface area contributed by atoms with Crippen molar-refractivity contribution in [1.82, 2.24) is 4.57 Å². The fourth-order valence-corrected chi connectivity index (χ4v) is 10.5. The molecule has 1 aliphatic heterocycles. The van der Waals surface area contributed by atoms with Gasteiger partial charge in [0.2, 0.25) is 0 Å². The van der Waals surface area contributed by atoms with Gasteiger partial charge in [-0.05, 0) is 134 Å². The lowest BCUT2D eigenvalue weighted by atomic mass is 9.94. The van der Waals surface area contributed by atoms with Crippen LogP contribution in [0.2, 0.25) is 0 Å². The molecule has 1 aliphatic rings. The van der Waals surface area contributed by atoms with Gasteiger partial charge >= 0.3 is 0 Å². The monoisotopic (exact) mass is 924 g/mol. The predicted molar refractivity (Wildman–Crippen MR) is 301 cm³/mol. The average Bonchev–Trinajstić information content (AvgIpc) is 3.79. The van der Waals surface area contributed by atoms with Crippen LogP contribution in [0.3, 0.4) is 0 Å². The summed E-state index contributed by atoms with van der Waals surface area (Å²) in [6.07, 6.45) is -0.346. The fourth-order valence-electron chi connectivity index (χ4n) is 10.5. The summed E-state index contributed by atoms with van der Waals surface area (Å²) in [6, 6.07) is 91.3. The third-order valence-electron chi connectivity index (χ3n) is 14.1. The minimum Gasteiger partial charge on any atom is -0.497 e. The second-order valence-corrected chi connectivity index (χ2v) is 18.4. The summed E-state index contributed by atoms with van der Waals surface area (Å²) in [6.45, 7) is 0. The maximum absolute atomic E-state index is 5.54. The number of amidine groups is 1. The van der Waals surface area contributed by atoms with E-state index >= 15 is 0 Å². The van der Waals surface area contributed by atoms with Gasteiger partial charge in [0.25, 0.3) is 0 Å². The highest BCUT2D eigenvalue weighted by atomic mass is 16.5. The molecule has 1 aromatic heterocycles. The normalized spacial score (nSPS) is 13.1. The van der Waals surface area contributed by atoms with E-state index < -0.39 is 0 Å². The van der Waals surface area contributed by atoms with E-state index in [9.17, 15) is 0 Å². The van der Waals surface area contributed by atoms with Crippen molar-refractivity contribution in [2.45, 2.75) is 6.17 Å². The van der Waals surface area contributed by atoms with Gasteiger partial charge in [-0.2, -0.15) is 0 Å². The Kier molecular flexibility index (Phi) is 10.7. The second kappa shape index (κ2) is 18.1. The van der Waals surface area contributed by atoms with Crippen LogP contribution >= 0.6 is 0 Å². The zero-order chi connectivity index (χ0) is 48.0. The first-order valence-electron chi connectivity index (χ1n) is 24.5. The van der Waals surface area contributed by atoms with Crippen LogP contribution in [0.15, 0.2) is 260 Å². The minimum atomic E-state index is -0.346. The zero-order valence-electron chi connectivity index (χ0n) is 39.6. The molecule has 0 fully saturated rings. The van der Waals surface area contributed by atoms with Crippen molar-refractivity contribution in [3.05, 3.63) is 266 Å². The second-order valence-electron chi connectivity index (χ2n) is 18.4.